The second kappa shape index (κ2) is 6.67. The smallest absolute Gasteiger partial charge is 0.242 e. The van der Waals surface area contributed by atoms with Gasteiger partial charge in [-0.2, -0.15) is 0 Å². The Morgan fingerprint density at radius 1 is 1.27 bits per heavy atom. The number of anilines is 1. The summed E-state index contributed by atoms with van der Waals surface area (Å²) in [5.41, 5.74) is 2.44. The Hall–Kier alpha value is -1.59. The van der Waals surface area contributed by atoms with Crippen LogP contribution in [0.2, 0.25) is 0 Å². The highest BCUT2D eigenvalue weighted by molar-refractivity contribution is 5.82. The van der Waals surface area contributed by atoms with Gasteiger partial charge in [-0.25, -0.2) is 0 Å². The summed E-state index contributed by atoms with van der Waals surface area (Å²) in [4.78, 5) is 16.8. The van der Waals surface area contributed by atoms with Crippen LogP contribution in [-0.2, 0) is 16.1 Å². The van der Waals surface area contributed by atoms with Crippen LogP contribution in [0.1, 0.15) is 19.4 Å². The normalized spacial score (nSPS) is 25.5. The lowest BCUT2D eigenvalue weighted by Crippen LogP contribution is -2.51. The SMILES string of the molecule is CC1CN(C(=O)CN2CCNCc3ccccc32)CC(C)O1. The van der Waals surface area contributed by atoms with E-state index >= 15 is 0 Å². The van der Waals surface area contributed by atoms with E-state index in [0.717, 1.165) is 19.6 Å². The molecule has 0 spiro atoms. The fraction of sp³-hybridized carbons (Fsp3) is 0.588. The molecule has 0 radical (unpaired) electrons. The maximum Gasteiger partial charge on any atom is 0.242 e. The number of carbonyl (C=O) groups excluding carboxylic acids is 1. The molecule has 0 saturated carbocycles. The first kappa shape index (κ1) is 15.3. The summed E-state index contributed by atoms with van der Waals surface area (Å²) in [5, 5.41) is 3.41. The average Bonchev–Trinajstić information content (AvgIpc) is 2.69. The summed E-state index contributed by atoms with van der Waals surface area (Å²) >= 11 is 0. The minimum Gasteiger partial charge on any atom is -0.372 e. The molecule has 0 aromatic heterocycles. The van der Waals surface area contributed by atoms with E-state index in [1.807, 2.05) is 24.8 Å². The molecular weight excluding hydrogens is 278 g/mol. The summed E-state index contributed by atoms with van der Waals surface area (Å²) in [6, 6.07) is 8.34. The number of ether oxygens (including phenoxy) is 1. The van der Waals surface area contributed by atoms with E-state index in [2.05, 4.69) is 28.4 Å². The molecule has 2 aliphatic heterocycles. The molecule has 5 heteroatoms. The standard InChI is InChI=1S/C17H25N3O2/c1-13-10-20(11-14(2)22-13)17(21)12-19-8-7-18-9-15-5-3-4-6-16(15)19/h3-6,13-14,18H,7-12H2,1-2H3. The molecule has 22 heavy (non-hydrogen) atoms. The van der Waals surface area contributed by atoms with E-state index in [4.69, 9.17) is 4.74 Å². The number of hydrogen-bond acceptors (Lipinski definition) is 4. The Balaban J connectivity index is 1.71. The van der Waals surface area contributed by atoms with Gasteiger partial charge in [0.2, 0.25) is 5.91 Å². The molecule has 1 aromatic rings. The Bertz CT molecular complexity index is 524. The van der Waals surface area contributed by atoms with Gasteiger partial charge in [0.15, 0.2) is 0 Å². The molecular formula is C17H25N3O2. The van der Waals surface area contributed by atoms with Crippen LogP contribution in [0.3, 0.4) is 0 Å². The van der Waals surface area contributed by atoms with Gasteiger partial charge in [-0.15, -0.1) is 0 Å². The number of hydrogen-bond donors (Lipinski definition) is 1. The number of nitrogens with zero attached hydrogens (tertiary/aromatic N) is 2. The van der Waals surface area contributed by atoms with E-state index < -0.39 is 0 Å². The van der Waals surface area contributed by atoms with Crippen molar-refractivity contribution in [2.75, 3.05) is 37.6 Å². The monoisotopic (exact) mass is 303 g/mol. The Morgan fingerprint density at radius 3 is 2.77 bits per heavy atom. The Morgan fingerprint density at radius 2 is 2.00 bits per heavy atom. The number of para-hydroxylation sites is 1. The highest BCUT2D eigenvalue weighted by Gasteiger charge is 2.27. The maximum atomic E-state index is 12.7. The summed E-state index contributed by atoms with van der Waals surface area (Å²) in [5.74, 6) is 0.193. The van der Waals surface area contributed by atoms with E-state index in [9.17, 15) is 4.79 Å². The van der Waals surface area contributed by atoms with Crippen LogP contribution >= 0.6 is 0 Å². The molecule has 1 fully saturated rings. The minimum absolute atomic E-state index is 0.116. The van der Waals surface area contributed by atoms with Crippen LogP contribution in [0.5, 0.6) is 0 Å². The van der Waals surface area contributed by atoms with Crippen molar-refractivity contribution in [3.05, 3.63) is 29.8 Å². The topological polar surface area (TPSA) is 44.8 Å². The highest BCUT2D eigenvalue weighted by Crippen LogP contribution is 2.22. The first-order chi connectivity index (χ1) is 10.6. The molecule has 2 unspecified atom stereocenters. The zero-order valence-corrected chi connectivity index (χ0v) is 13.4. The first-order valence-corrected chi connectivity index (χ1v) is 8.10. The summed E-state index contributed by atoms with van der Waals surface area (Å²) in [7, 11) is 0. The molecule has 1 aromatic carbocycles. The Kier molecular flexibility index (Phi) is 4.64. The predicted molar refractivity (Wildman–Crippen MR) is 87.0 cm³/mol. The van der Waals surface area contributed by atoms with E-state index in [0.29, 0.717) is 19.6 Å². The fourth-order valence-electron chi connectivity index (χ4n) is 3.34. The van der Waals surface area contributed by atoms with Gasteiger partial charge >= 0.3 is 0 Å². The van der Waals surface area contributed by atoms with Gasteiger partial charge in [0.1, 0.15) is 0 Å². The van der Waals surface area contributed by atoms with Crippen LogP contribution in [0.4, 0.5) is 5.69 Å². The molecule has 3 rings (SSSR count). The van der Waals surface area contributed by atoms with Crippen molar-refractivity contribution in [3.63, 3.8) is 0 Å². The third-order valence-corrected chi connectivity index (χ3v) is 4.30. The number of nitrogens with one attached hydrogen (secondary N) is 1. The van der Waals surface area contributed by atoms with Crippen LogP contribution in [0, 0.1) is 0 Å². The zero-order valence-electron chi connectivity index (χ0n) is 13.4. The maximum absolute atomic E-state index is 12.7. The molecule has 0 aliphatic carbocycles. The van der Waals surface area contributed by atoms with E-state index in [-0.39, 0.29) is 18.1 Å². The number of amides is 1. The van der Waals surface area contributed by atoms with Crippen LogP contribution in [-0.4, -0.2) is 55.7 Å². The zero-order chi connectivity index (χ0) is 15.5. The van der Waals surface area contributed by atoms with Crippen LogP contribution in [0.15, 0.2) is 24.3 Å². The quantitative estimate of drug-likeness (QED) is 0.893. The van der Waals surface area contributed by atoms with Crippen molar-refractivity contribution in [1.29, 1.82) is 0 Å². The fourth-order valence-corrected chi connectivity index (χ4v) is 3.34. The molecule has 1 amide bonds. The molecule has 2 heterocycles. The lowest BCUT2D eigenvalue weighted by Gasteiger charge is -2.36. The molecule has 1 saturated heterocycles. The number of morpholine rings is 1. The third kappa shape index (κ3) is 3.42. The number of fused-ring (bicyclic) bond motifs is 1. The van der Waals surface area contributed by atoms with Crippen molar-refractivity contribution >= 4 is 11.6 Å². The summed E-state index contributed by atoms with van der Waals surface area (Å²) in [6.07, 6.45) is 0.233. The summed E-state index contributed by atoms with van der Waals surface area (Å²) in [6.45, 7) is 8.51. The lowest BCUT2D eigenvalue weighted by molar-refractivity contribution is -0.141. The van der Waals surface area contributed by atoms with E-state index in [1.165, 1.54) is 11.3 Å². The van der Waals surface area contributed by atoms with Crippen molar-refractivity contribution in [2.45, 2.75) is 32.6 Å². The number of benzene rings is 1. The second-order valence-electron chi connectivity index (χ2n) is 6.28. The van der Waals surface area contributed by atoms with Gasteiger partial charge in [-0.1, -0.05) is 18.2 Å². The van der Waals surface area contributed by atoms with Gasteiger partial charge < -0.3 is 19.9 Å². The van der Waals surface area contributed by atoms with E-state index in [1.54, 1.807) is 0 Å². The average molecular weight is 303 g/mol. The molecule has 1 N–H and O–H groups in total. The molecule has 2 aliphatic rings. The van der Waals surface area contributed by atoms with Gasteiger partial charge in [0.05, 0.1) is 18.8 Å². The van der Waals surface area contributed by atoms with Crippen LogP contribution < -0.4 is 10.2 Å². The van der Waals surface area contributed by atoms with Crippen LogP contribution in [0.25, 0.3) is 0 Å². The van der Waals surface area contributed by atoms with Crippen molar-refractivity contribution in [1.82, 2.24) is 10.2 Å². The Labute approximate surface area is 132 Å². The third-order valence-electron chi connectivity index (χ3n) is 4.30. The van der Waals surface area contributed by atoms with Crippen molar-refractivity contribution in [2.24, 2.45) is 0 Å². The summed E-state index contributed by atoms with van der Waals surface area (Å²) < 4.78 is 5.72. The van der Waals surface area contributed by atoms with Crippen molar-refractivity contribution < 1.29 is 9.53 Å². The van der Waals surface area contributed by atoms with Gasteiger partial charge in [-0.3, -0.25) is 4.79 Å². The largest absolute Gasteiger partial charge is 0.372 e. The molecule has 120 valence electrons. The number of carbonyl (C=O) groups is 1. The first-order valence-electron chi connectivity index (χ1n) is 8.10. The minimum atomic E-state index is 0.116. The van der Waals surface area contributed by atoms with Gasteiger partial charge in [0, 0.05) is 38.4 Å². The molecule has 2 atom stereocenters. The van der Waals surface area contributed by atoms with Gasteiger partial charge in [-0.05, 0) is 25.5 Å². The second-order valence-corrected chi connectivity index (χ2v) is 6.28. The molecule has 0 bridgehead atoms. The van der Waals surface area contributed by atoms with Crippen molar-refractivity contribution in [3.8, 4) is 0 Å². The predicted octanol–water partition coefficient (Wildman–Crippen LogP) is 1.23. The lowest BCUT2D eigenvalue weighted by atomic mass is 10.1. The number of rotatable bonds is 2. The molecule has 5 nitrogen and oxygen atoms in total. The highest BCUT2D eigenvalue weighted by atomic mass is 16.5. The van der Waals surface area contributed by atoms with Gasteiger partial charge in [0.25, 0.3) is 0 Å².